The van der Waals surface area contributed by atoms with Gasteiger partial charge in [-0.25, -0.2) is 9.59 Å². The molecule has 1 heterocycles. The predicted molar refractivity (Wildman–Crippen MR) is 122 cm³/mol. The molecule has 7 heteroatoms. The van der Waals surface area contributed by atoms with Crippen LogP contribution in [0.25, 0.3) is 11.1 Å². The van der Waals surface area contributed by atoms with Crippen LogP contribution in [0.3, 0.4) is 0 Å². The van der Waals surface area contributed by atoms with E-state index in [4.69, 9.17) is 4.74 Å². The largest absolute Gasteiger partial charge is 0.480 e. The van der Waals surface area contributed by atoms with Gasteiger partial charge in [0, 0.05) is 12.5 Å². The summed E-state index contributed by atoms with van der Waals surface area (Å²) in [5.74, 6) is -1.20. The van der Waals surface area contributed by atoms with Crippen molar-refractivity contribution in [1.29, 1.82) is 0 Å². The second-order valence-electron chi connectivity index (χ2n) is 9.34. The topological polar surface area (TPSA) is 95.9 Å². The number of alkyl carbamates (subject to hydrolysis) is 1. The van der Waals surface area contributed by atoms with Gasteiger partial charge in [-0.05, 0) is 54.4 Å². The molecule has 7 nitrogen and oxygen atoms in total. The lowest BCUT2D eigenvalue weighted by Gasteiger charge is -2.42. The molecule has 2 N–H and O–H groups in total. The summed E-state index contributed by atoms with van der Waals surface area (Å²) >= 11 is 0. The van der Waals surface area contributed by atoms with E-state index in [-0.39, 0.29) is 24.9 Å². The number of aliphatic carboxylic acids is 1. The van der Waals surface area contributed by atoms with E-state index in [0.29, 0.717) is 32.2 Å². The highest BCUT2D eigenvalue weighted by Gasteiger charge is 2.44. The molecule has 5 rings (SSSR count). The van der Waals surface area contributed by atoms with Gasteiger partial charge < -0.3 is 20.1 Å². The van der Waals surface area contributed by atoms with Crippen molar-refractivity contribution >= 4 is 18.0 Å². The molecular formula is C26H28N2O5. The predicted octanol–water partition coefficient (Wildman–Crippen LogP) is 3.91. The lowest BCUT2D eigenvalue weighted by atomic mass is 9.74. The fourth-order valence-corrected chi connectivity index (χ4v) is 5.51. The monoisotopic (exact) mass is 448 g/mol. The summed E-state index contributed by atoms with van der Waals surface area (Å²) in [7, 11) is 0. The number of likely N-dealkylation sites (tertiary alicyclic amines) is 1. The zero-order valence-corrected chi connectivity index (χ0v) is 18.5. The molecule has 2 fully saturated rings. The molecule has 3 aliphatic rings. The fraction of sp³-hybridized carbons (Fsp3) is 0.423. The Morgan fingerprint density at radius 3 is 2.21 bits per heavy atom. The normalized spacial score (nSPS) is 20.5. The van der Waals surface area contributed by atoms with Crippen molar-refractivity contribution in [3.8, 4) is 11.1 Å². The minimum atomic E-state index is -0.965. The molecule has 2 aromatic carbocycles. The van der Waals surface area contributed by atoms with Crippen molar-refractivity contribution in [2.75, 3.05) is 13.2 Å². The Morgan fingerprint density at radius 1 is 1.00 bits per heavy atom. The maximum Gasteiger partial charge on any atom is 0.407 e. The third-order valence-electron chi connectivity index (χ3n) is 7.37. The van der Waals surface area contributed by atoms with Crippen LogP contribution in [-0.4, -0.2) is 52.7 Å². The lowest BCUT2D eigenvalue weighted by Crippen LogP contribution is -2.57. The van der Waals surface area contributed by atoms with Gasteiger partial charge >= 0.3 is 12.1 Å². The molecule has 0 bridgehead atoms. The Labute approximate surface area is 192 Å². The second-order valence-corrected chi connectivity index (χ2v) is 9.34. The van der Waals surface area contributed by atoms with E-state index in [1.807, 2.05) is 24.3 Å². The maximum atomic E-state index is 12.9. The second kappa shape index (κ2) is 8.54. The van der Waals surface area contributed by atoms with E-state index < -0.39 is 23.6 Å². The molecule has 2 aromatic rings. The summed E-state index contributed by atoms with van der Waals surface area (Å²) in [4.78, 5) is 38.5. The first-order valence-corrected chi connectivity index (χ1v) is 11.6. The number of carbonyl (C=O) groups is 3. The molecule has 0 spiro atoms. The van der Waals surface area contributed by atoms with Gasteiger partial charge in [0.1, 0.15) is 12.6 Å². The lowest BCUT2D eigenvalue weighted by molar-refractivity contribution is -0.149. The molecule has 1 atom stereocenters. The summed E-state index contributed by atoms with van der Waals surface area (Å²) in [6.45, 7) is 0.675. The van der Waals surface area contributed by atoms with Crippen LogP contribution in [-0.2, 0) is 14.3 Å². The van der Waals surface area contributed by atoms with Crippen LogP contribution in [0.2, 0.25) is 0 Å². The minimum absolute atomic E-state index is 0.0250. The number of hydrogen-bond donors (Lipinski definition) is 2. The summed E-state index contributed by atoms with van der Waals surface area (Å²) in [6.07, 6.45) is 3.05. The van der Waals surface area contributed by atoms with Gasteiger partial charge in [0.05, 0.1) is 12.0 Å². The van der Waals surface area contributed by atoms with Gasteiger partial charge in [0.2, 0.25) is 5.91 Å². The Hall–Kier alpha value is -3.35. The molecule has 2 aliphatic carbocycles. The van der Waals surface area contributed by atoms with Crippen molar-refractivity contribution in [3.05, 3.63) is 59.7 Å². The number of carboxylic acid groups (broad SMARTS) is 1. The van der Waals surface area contributed by atoms with E-state index in [1.165, 1.54) is 16.0 Å². The van der Waals surface area contributed by atoms with Crippen LogP contribution >= 0.6 is 0 Å². The molecule has 2 amide bonds. The Balaban J connectivity index is 1.23. The van der Waals surface area contributed by atoms with Crippen molar-refractivity contribution in [2.24, 2.45) is 0 Å². The number of rotatable bonds is 6. The number of amides is 2. The number of nitrogens with one attached hydrogen (secondary N) is 1. The standard InChI is InChI=1S/C26H28N2O5/c29-23(28-14-5-11-22(28)24(30)31)15-26(12-6-13-26)27-25(32)33-16-21-19-9-3-1-7-17(19)18-8-2-4-10-20(18)21/h1-4,7-10,21-22H,5-6,11-16H2,(H,27,32)(H,30,31)/t22-/m0/s1. The molecular weight excluding hydrogens is 420 g/mol. The average molecular weight is 449 g/mol. The minimum Gasteiger partial charge on any atom is -0.480 e. The summed E-state index contributed by atoms with van der Waals surface area (Å²) in [6, 6.07) is 15.6. The first-order valence-electron chi connectivity index (χ1n) is 11.6. The van der Waals surface area contributed by atoms with Crippen molar-refractivity contribution in [2.45, 2.75) is 56.0 Å². The Bertz CT molecular complexity index is 1050. The van der Waals surface area contributed by atoms with Crippen LogP contribution in [0.4, 0.5) is 4.79 Å². The number of carboxylic acids is 1. The first-order chi connectivity index (χ1) is 16.0. The number of carbonyl (C=O) groups excluding carboxylic acids is 2. The number of fused-ring (bicyclic) bond motifs is 3. The quantitative estimate of drug-likeness (QED) is 0.699. The van der Waals surface area contributed by atoms with Gasteiger partial charge in [-0.15, -0.1) is 0 Å². The van der Waals surface area contributed by atoms with Gasteiger partial charge in [-0.3, -0.25) is 4.79 Å². The van der Waals surface area contributed by atoms with E-state index >= 15 is 0 Å². The van der Waals surface area contributed by atoms with E-state index in [9.17, 15) is 19.5 Å². The van der Waals surface area contributed by atoms with Gasteiger partial charge in [-0.1, -0.05) is 48.5 Å². The van der Waals surface area contributed by atoms with Crippen molar-refractivity contribution in [1.82, 2.24) is 10.2 Å². The molecule has 1 aliphatic heterocycles. The average Bonchev–Trinajstić information content (AvgIpc) is 3.40. The van der Waals surface area contributed by atoms with Gasteiger partial charge in [0.25, 0.3) is 0 Å². The number of benzene rings is 2. The van der Waals surface area contributed by atoms with E-state index in [2.05, 4.69) is 29.6 Å². The highest BCUT2D eigenvalue weighted by Crippen LogP contribution is 2.44. The SMILES string of the molecule is O=C(NC1(CC(=O)N2CCC[C@H]2C(=O)O)CCC1)OCC1c2ccccc2-c2ccccc21. The van der Waals surface area contributed by atoms with Crippen molar-refractivity contribution < 1.29 is 24.2 Å². The van der Waals surface area contributed by atoms with E-state index in [0.717, 1.165) is 17.5 Å². The molecule has 172 valence electrons. The Morgan fingerprint density at radius 2 is 1.64 bits per heavy atom. The van der Waals surface area contributed by atoms with Crippen LogP contribution in [0.15, 0.2) is 48.5 Å². The number of nitrogens with zero attached hydrogens (tertiary/aromatic N) is 1. The molecule has 1 saturated carbocycles. The third-order valence-corrected chi connectivity index (χ3v) is 7.37. The molecule has 0 unspecified atom stereocenters. The number of ether oxygens (including phenoxy) is 1. The smallest absolute Gasteiger partial charge is 0.407 e. The van der Waals surface area contributed by atoms with Crippen LogP contribution in [0, 0.1) is 0 Å². The van der Waals surface area contributed by atoms with Crippen molar-refractivity contribution in [3.63, 3.8) is 0 Å². The van der Waals surface area contributed by atoms with Crippen LogP contribution in [0.1, 0.15) is 55.6 Å². The summed E-state index contributed by atoms with van der Waals surface area (Å²) in [5.41, 5.74) is 3.98. The molecule has 33 heavy (non-hydrogen) atoms. The zero-order valence-electron chi connectivity index (χ0n) is 18.5. The molecule has 0 aromatic heterocycles. The Kier molecular flexibility index (Phi) is 5.56. The van der Waals surface area contributed by atoms with Gasteiger partial charge in [-0.2, -0.15) is 0 Å². The van der Waals surface area contributed by atoms with Crippen LogP contribution in [0.5, 0.6) is 0 Å². The van der Waals surface area contributed by atoms with E-state index in [1.54, 1.807) is 0 Å². The fourth-order valence-electron chi connectivity index (χ4n) is 5.51. The van der Waals surface area contributed by atoms with Gasteiger partial charge in [0.15, 0.2) is 0 Å². The highest BCUT2D eigenvalue weighted by molar-refractivity contribution is 5.85. The summed E-state index contributed by atoms with van der Waals surface area (Å²) < 4.78 is 5.67. The summed E-state index contributed by atoms with van der Waals surface area (Å²) in [5, 5.41) is 12.3. The zero-order chi connectivity index (χ0) is 23.0. The first kappa shape index (κ1) is 21.5. The van der Waals surface area contributed by atoms with Crippen LogP contribution < -0.4 is 5.32 Å². The number of hydrogen-bond acceptors (Lipinski definition) is 4. The highest BCUT2D eigenvalue weighted by atomic mass is 16.5. The maximum absolute atomic E-state index is 12.9. The molecule has 1 saturated heterocycles. The third kappa shape index (κ3) is 3.96. The molecule has 0 radical (unpaired) electrons.